The van der Waals surface area contributed by atoms with Crippen LogP contribution in [0.25, 0.3) is 0 Å². The van der Waals surface area contributed by atoms with E-state index < -0.39 is 17.3 Å². The molecule has 0 radical (unpaired) electrons. The molecular formula is C16H16O5. The lowest BCUT2D eigenvalue weighted by Crippen LogP contribution is -2.02. The number of hydrogen-bond donors (Lipinski definition) is 3. The van der Waals surface area contributed by atoms with Gasteiger partial charge in [0.2, 0.25) is 0 Å². The Labute approximate surface area is 122 Å². The predicted molar refractivity (Wildman–Crippen MR) is 77.8 cm³/mol. The molecule has 0 saturated heterocycles. The molecule has 0 aliphatic carbocycles. The molecule has 0 fully saturated rings. The lowest BCUT2D eigenvalue weighted by Gasteiger charge is -2.06. The largest absolute Gasteiger partial charge is 0.504 e. The van der Waals surface area contributed by atoms with Crippen LogP contribution in [0.3, 0.4) is 0 Å². The molecule has 0 bridgehead atoms. The number of rotatable bonds is 3. The quantitative estimate of drug-likeness (QED) is 0.457. The SMILES string of the molecule is CCO.O=Cc1cc(O)c(O)c(C(=O)c2ccccc2)c1. The van der Waals surface area contributed by atoms with E-state index in [9.17, 15) is 19.8 Å². The molecule has 2 aromatic rings. The van der Waals surface area contributed by atoms with E-state index in [2.05, 4.69) is 0 Å². The second kappa shape index (κ2) is 7.81. The van der Waals surface area contributed by atoms with Crippen molar-refractivity contribution >= 4 is 12.1 Å². The van der Waals surface area contributed by atoms with E-state index in [1.165, 1.54) is 6.07 Å². The van der Waals surface area contributed by atoms with Crippen molar-refractivity contribution in [2.45, 2.75) is 6.92 Å². The van der Waals surface area contributed by atoms with E-state index in [1.54, 1.807) is 37.3 Å². The van der Waals surface area contributed by atoms with Gasteiger partial charge in [0.15, 0.2) is 17.3 Å². The second-order valence-electron chi connectivity index (χ2n) is 4.07. The molecule has 0 unspecified atom stereocenters. The van der Waals surface area contributed by atoms with Crippen LogP contribution in [0.5, 0.6) is 11.5 Å². The summed E-state index contributed by atoms with van der Waals surface area (Å²) < 4.78 is 0. The number of phenolic OH excluding ortho intramolecular Hbond substituents is 2. The third-order valence-corrected chi connectivity index (χ3v) is 2.53. The minimum absolute atomic E-state index is 0.0942. The van der Waals surface area contributed by atoms with Crippen molar-refractivity contribution in [2.24, 2.45) is 0 Å². The van der Waals surface area contributed by atoms with Crippen LogP contribution in [0.15, 0.2) is 42.5 Å². The molecule has 2 rings (SSSR count). The van der Waals surface area contributed by atoms with Gasteiger partial charge in [0, 0.05) is 17.7 Å². The number of carbonyl (C=O) groups is 2. The molecule has 0 atom stereocenters. The summed E-state index contributed by atoms with van der Waals surface area (Å²) in [7, 11) is 0. The fourth-order valence-electron chi connectivity index (χ4n) is 1.63. The zero-order valence-electron chi connectivity index (χ0n) is 11.5. The van der Waals surface area contributed by atoms with Crippen LogP contribution in [0.1, 0.15) is 33.2 Å². The van der Waals surface area contributed by atoms with Gasteiger partial charge in [-0.2, -0.15) is 0 Å². The normalized spacial score (nSPS) is 9.43. The molecule has 0 spiro atoms. The summed E-state index contributed by atoms with van der Waals surface area (Å²) in [6, 6.07) is 10.7. The lowest BCUT2D eigenvalue weighted by atomic mass is 10.00. The van der Waals surface area contributed by atoms with Crippen LogP contribution in [-0.4, -0.2) is 34.0 Å². The van der Waals surface area contributed by atoms with E-state index in [-0.39, 0.29) is 17.7 Å². The molecule has 0 aliphatic heterocycles. The molecule has 0 aromatic heterocycles. The van der Waals surface area contributed by atoms with Gasteiger partial charge in [0.25, 0.3) is 0 Å². The zero-order chi connectivity index (χ0) is 15.8. The topological polar surface area (TPSA) is 94.8 Å². The molecule has 5 nitrogen and oxygen atoms in total. The van der Waals surface area contributed by atoms with Crippen molar-refractivity contribution in [2.75, 3.05) is 6.61 Å². The van der Waals surface area contributed by atoms with Crippen molar-refractivity contribution in [1.82, 2.24) is 0 Å². The highest BCUT2D eigenvalue weighted by Crippen LogP contribution is 2.31. The number of benzene rings is 2. The fraction of sp³-hybridized carbons (Fsp3) is 0.125. The summed E-state index contributed by atoms with van der Waals surface area (Å²) in [6.45, 7) is 1.93. The van der Waals surface area contributed by atoms with Gasteiger partial charge in [0.05, 0.1) is 5.56 Å². The van der Waals surface area contributed by atoms with Gasteiger partial charge in [-0.15, -0.1) is 0 Å². The Bertz CT molecular complexity index is 620. The first-order chi connectivity index (χ1) is 10.0. The number of aliphatic hydroxyl groups excluding tert-OH is 1. The van der Waals surface area contributed by atoms with E-state index in [1.807, 2.05) is 0 Å². The molecule has 0 heterocycles. The lowest BCUT2D eigenvalue weighted by molar-refractivity contribution is 0.103. The third-order valence-electron chi connectivity index (χ3n) is 2.53. The Hall–Kier alpha value is -2.66. The average molecular weight is 288 g/mol. The minimum atomic E-state index is -0.519. The Balaban J connectivity index is 0.000000677. The van der Waals surface area contributed by atoms with Gasteiger partial charge in [-0.05, 0) is 19.1 Å². The highest BCUT2D eigenvalue weighted by Gasteiger charge is 2.17. The van der Waals surface area contributed by atoms with Crippen LogP contribution in [0.4, 0.5) is 0 Å². The summed E-state index contributed by atoms with van der Waals surface area (Å²) in [5, 5.41) is 26.7. The number of aromatic hydroxyl groups is 2. The minimum Gasteiger partial charge on any atom is -0.504 e. The van der Waals surface area contributed by atoms with Gasteiger partial charge in [-0.25, -0.2) is 0 Å². The maximum Gasteiger partial charge on any atom is 0.196 e. The molecule has 21 heavy (non-hydrogen) atoms. The summed E-state index contributed by atoms with van der Waals surface area (Å²) in [6.07, 6.45) is 0.501. The van der Waals surface area contributed by atoms with Gasteiger partial charge in [0.1, 0.15) is 6.29 Å². The summed E-state index contributed by atoms with van der Waals surface area (Å²) in [5.41, 5.74) is 0.406. The zero-order valence-corrected chi connectivity index (χ0v) is 11.5. The Morgan fingerprint density at radius 2 is 1.71 bits per heavy atom. The van der Waals surface area contributed by atoms with Crippen LogP contribution in [0.2, 0.25) is 0 Å². The van der Waals surface area contributed by atoms with Crippen LogP contribution < -0.4 is 0 Å². The Morgan fingerprint density at radius 3 is 2.24 bits per heavy atom. The van der Waals surface area contributed by atoms with Gasteiger partial charge < -0.3 is 15.3 Å². The van der Waals surface area contributed by atoms with Crippen molar-refractivity contribution in [3.63, 3.8) is 0 Å². The van der Waals surface area contributed by atoms with E-state index in [0.29, 0.717) is 11.8 Å². The van der Waals surface area contributed by atoms with Gasteiger partial charge in [-0.1, -0.05) is 30.3 Å². The Kier molecular flexibility index (Phi) is 6.10. The molecule has 5 heteroatoms. The van der Waals surface area contributed by atoms with E-state index in [4.69, 9.17) is 5.11 Å². The average Bonchev–Trinajstić information content (AvgIpc) is 2.51. The van der Waals surface area contributed by atoms with Gasteiger partial charge >= 0.3 is 0 Å². The number of carbonyl (C=O) groups excluding carboxylic acids is 2. The monoisotopic (exact) mass is 288 g/mol. The van der Waals surface area contributed by atoms with Crippen molar-refractivity contribution in [3.8, 4) is 11.5 Å². The molecule has 3 N–H and O–H groups in total. The molecule has 0 amide bonds. The predicted octanol–water partition coefficient (Wildman–Crippen LogP) is 2.14. The first-order valence-electron chi connectivity index (χ1n) is 6.26. The standard InChI is InChI=1S/C14H10O4.C2H6O/c15-8-9-6-11(14(18)12(16)7-9)13(17)10-4-2-1-3-5-10;1-2-3/h1-8,16,18H;3H,2H2,1H3. The summed E-state index contributed by atoms with van der Waals surface area (Å²) in [4.78, 5) is 22.8. The second-order valence-corrected chi connectivity index (χ2v) is 4.07. The first-order valence-corrected chi connectivity index (χ1v) is 6.26. The van der Waals surface area contributed by atoms with E-state index in [0.717, 1.165) is 6.07 Å². The number of hydrogen-bond acceptors (Lipinski definition) is 5. The van der Waals surface area contributed by atoms with Crippen LogP contribution in [-0.2, 0) is 0 Å². The summed E-state index contributed by atoms with van der Waals surface area (Å²) >= 11 is 0. The van der Waals surface area contributed by atoms with Crippen LogP contribution in [0, 0.1) is 0 Å². The van der Waals surface area contributed by atoms with Crippen molar-refractivity contribution < 1.29 is 24.9 Å². The maximum absolute atomic E-state index is 12.1. The summed E-state index contributed by atoms with van der Waals surface area (Å²) in [5.74, 6) is -1.46. The highest BCUT2D eigenvalue weighted by molar-refractivity contribution is 6.11. The maximum atomic E-state index is 12.1. The first kappa shape index (κ1) is 16.4. The van der Waals surface area contributed by atoms with Crippen molar-refractivity contribution in [3.05, 3.63) is 59.2 Å². The number of aldehydes is 1. The molecule has 110 valence electrons. The molecule has 0 aliphatic rings. The smallest absolute Gasteiger partial charge is 0.196 e. The van der Waals surface area contributed by atoms with Gasteiger partial charge in [-0.3, -0.25) is 9.59 Å². The molecule has 2 aromatic carbocycles. The number of aliphatic hydroxyl groups is 1. The highest BCUT2D eigenvalue weighted by atomic mass is 16.3. The van der Waals surface area contributed by atoms with Crippen LogP contribution >= 0.6 is 0 Å². The van der Waals surface area contributed by atoms with E-state index >= 15 is 0 Å². The third kappa shape index (κ3) is 4.15. The number of phenols is 2. The Morgan fingerprint density at radius 1 is 1.14 bits per heavy atom. The van der Waals surface area contributed by atoms with Crippen molar-refractivity contribution in [1.29, 1.82) is 0 Å². The molecule has 0 saturated carbocycles. The molecular weight excluding hydrogens is 272 g/mol. The number of ketones is 1. The fourth-order valence-corrected chi connectivity index (χ4v) is 1.63.